The van der Waals surface area contributed by atoms with Gasteiger partial charge in [-0.3, -0.25) is 9.20 Å². The van der Waals surface area contributed by atoms with Gasteiger partial charge in [-0.1, -0.05) is 6.07 Å². The van der Waals surface area contributed by atoms with E-state index in [1.165, 1.54) is 27.6 Å². The average Bonchev–Trinajstić information content (AvgIpc) is 3.34. The van der Waals surface area contributed by atoms with Crippen molar-refractivity contribution in [2.24, 2.45) is 0 Å². The third-order valence-corrected chi connectivity index (χ3v) is 5.26. The molecule has 0 saturated heterocycles. The van der Waals surface area contributed by atoms with E-state index in [1.54, 1.807) is 18.3 Å². The summed E-state index contributed by atoms with van der Waals surface area (Å²) in [6.45, 7) is 1.57. The van der Waals surface area contributed by atoms with E-state index in [-0.39, 0.29) is 18.0 Å². The van der Waals surface area contributed by atoms with Gasteiger partial charge in [0.25, 0.3) is 0 Å². The zero-order chi connectivity index (χ0) is 17.7. The quantitative estimate of drug-likeness (QED) is 0.702. The third kappa shape index (κ3) is 2.53. The molecule has 1 saturated carbocycles. The van der Waals surface area contributed by atoms with E-state index in [2.05, 4.69) is 14.6 Å². The first-order valence-corrected chi connectivity index (χ1v) is 9.07. The highest BCUT2D eigenvalue weighted by Crippen LogP contribution is 2.37. The van der Waals surface area contributed by atoms with Crippen molar-refractivity contribution in [1.82, 2.24) is 28.6 Å². The molecule has 8 heteroatoms. The summed E-state index contributed by atoms with van der Waals surface area (Å²) in [4.78, 5) is 31.2. The molecule has 8 nitrogen and oxygen atoms in total. The van der Waals surface area contributed by atoms with Gasteiger partial charge in [0.2, 0.25) is 5.91 Å². The van der Waals surface area contributed by atoms with Crippen LogP contribution in [0.25, 0.3) is 5.65 Å². The minimum Gasteiger partial charge on any atom is -0.336 e. The summed E-state index contributed by atoms with van der Waals surface area (Å²) in [5.41, 5.74) is 2.69. The molecule has 0 radical (unpaired) electrons. The zero-order valence-corrected chi connectivity index (χ0v) is 14.4. The number of carbonyl (C=O) groups excluding carboxylic acids is 1. The lowest BCUT2D eigenvalue weighted by atomic mass is 10.1. The molecular weight excluding hydrogens is 332 g/mol. The lowest BCUT2D eigenvalue weighted by Crippen LogP contribution is -2.37. The van der Waals surface area contributed by atoms with E-state index in [4.69, 9.17) is 0 Å². The fourth-order valence-electron chi connectivity index (χ4n) is 3.68. The summed E-state index contributed by atoms with van der Waals surface area (Å²) in [5.74, 6) is 0.0422. The molecule has 0 atom stereocenters. The fraction of sp³-hybridized carbons (Fsp3) is 0.444. The van der Waals surface area contributed by atoms with E-state index in [1.807, 2.05) is 17.3 Å². The Morgan fingerprint density at radius 2 is 2.15 bits per heavy atom. The van der Waals surface area contributed by atoms with Gasteiger partial charge in [-0.15, -0.1) is 5.10 Å². The number of nitrogens with zero attached hydrogens (tertiary/aromatic N) is 6. The standard InChI is InChI=1S/C18H20N6O2/c25-17(7-10-24-18(26)22-8-2-1-3-16(22)20-24)21-9-6-15-14(11-21)19-12-23(15)13-4-5-13/h1-3,8,12-13H,4-7,9-11H2. The number of pyridine rings is 1. The Morgan fingerprint density at radius 3 is 2.96 bits per heavy atom. The van der Waals surface area contributed by atoms with Crippen LogP contribution < -0.4 is 5.69 Å². The monoisotopic (exact) mass is 352 g/mol. The Balaban J connectivity index is 1.27. The van der Waals surface area contributed by atoms with Gasteiger partial charge in [0.15, 0.2) is 5.65 Å². The summed E-state index contributed by atoms with van der Waals surface area (Å²) in [5, 5.41) is 4.28. The largest absolute Gasteiger partial charge is 0.350 e. The first-order valence-electron chi connectivity index (χ1n) is 9.07. The Morgan fingerprint density at radius 1 is 1.27 bits per heavy atom. The molecule has 134 valence electrons. The molecule has 26 heavy (non-hydrogen) atoms. The highest BCUT2D eigenvalue weighted by atomic mass is 16.2. The molecule has 3 aromatic rings. The lowest BCUT2D eigenvalue weighted by molar-refractivity contribution is -0.132. The Labute approximate surface area is 149 Å². The van der Waals surface area contributed by atoms with Crippen molar-refractivity contribution >= 4 is 11.6 Å². The number of imidazole rings is 1. The van der Waals surface area contributed by atoms with Crippen LogP contribution in [-0.2, 0) is 24.3 Å². The van der Waals surface area contributed by atoms with Crippen LogP contribution in [0.2, 0.25) is 0 Å². The van der Waals surface area contributed by atoms with Gasteiger partial charge in [-0.25, -0.2) is 14.5 Å². The van der Waals surface area contributed by atoms with Crippen molar-refractivity contribution < 1.29 is 4.79 Å². The normalized spacial score (nSPS) is 16.8. The molecule has 0 bridgehead atoms. The SMILES string of the molecule is O=C(CCn1nc2ccccn2c1=O)N1CCc2c(ncn2C2CC2)C1. The number of amides is 1. The van der Waals surface area contributed by atoms with Gasteiger partial charge in [0.05, 0.1) is 25.1 Å². The van der Waals surface area contributed by atoms with Crippen molar-refractivity contribution in [1.29, 1.82) is 0 Å². The maximum atomic E-state index is 12.6. The van der Waals surface area contributed by atoms with Crippen molar-refractivity contribution in [3.8, 4) is 0 Å². The molecule has 1 aliphatic carbocycles. The predicted molar refractivity (Wildman–Crippen MR) is 93.7 cm³/mol. The molecule has 3 aromatic heterocycles. The van der Waals surface area contributed by atoms with Crippen LogP contribution in [0.15, 0.2) is 35.5 Å². The molecule has 0 unspecified atom stereocenters. The summed E-state index contributed by atoms with van der Waals surface area (Å²) >= 11 is 0. The number of hydrogen-bond acceptors (Lipinski definition) is 4. The number of carbonyl (C=O) groups is 1. The van der Waals surface area contributed by atoms with E-state index >= 15 is 0 Å². The van der Waals surface area contributed by atoms with Crippen LogP contribution in [0, 0.1) is 0 Å². The second-order valence-corrected chi connectivity index (χ2v) is 7.03. The van der Waals surface area contributed by atoms with Crippen LogP contribution in [0.1, 0.15) is 36.7 Å². The van der Waals surface area contributed by atoms with Gasteiger partial charge >= 0.3 is 5.69 Å². The lowest BCUT2D eigenvalue weighted by Gasteiger charge is -2.27. The molecule has 1 aliphatic heterocycles. The number of aromatic nitrogens is 5. The van der Waals surface area contributed by atoms with E-state index in [9.17, 15) is 9.59 Å². The molecule has 1 fully saturated rings. The van der Waals surface area contributed by atoms with Gasteiger partial charge in [0.1, 0.15) is 0 Å². The van der Waals surface area contributed by atoms with Gasteiger partial charge in [0, 0.05) is 37.3 Å². The fourth-order valence-corrected chi connectivity index (χ4v) is 3.68. The number of fused-ring (bicyclic) bond motifs is 2. The van der Waals surface area contributed by atoms with Crippen LogP contribution in [-0.4, -0.2) is 41.1 Å². The van der Waals surface area contributed by atoms with Crippen molar-refractivity contribution in [3.63, 3.8) is 0 Å². The van der Waals surface area contributed by atoms with Crippen molar-refractivity contribution in [3.05, 3.63) is 52.6 Å². The average molecular weight is 352 g/mol. The molecule has 0 aromatic carbocycles. The number of rotatable bonds is 4. The molecule has 5 rings (SSSR count). The number of hydrogen-bond donors (Lipinski definition) is 0. The van der Waals surface area contributed by atoms with Gasteiger partial charge in [-0.2, -0.15) is 0 Å². The van der Waals surface area contributed by atoms with Crippen LogP contribution in [0.4, 0.5) is 0 Å². The van der Waals surface area contributed by atoms with Crippen LogP contribution >= 0.6 is 0 Å². The van der Waals surface area contributed by atoms with Gasteiger partial charge in [-0.05, 0) is 25.0 Å². The maximum absolute atomic E-state index is 12.6. The molecule has 0 spiro atoms. The summed E-state index contributed by atoms with van der Waals surface area (Å²) in [6.07, 6.45) is 7.20. The minimum absolute atomic E-state index is 0.0422. The summed E-state index contributed by atoms with van der Waals surface area (Å²) in [7, 11) is 0. The molecule has 0 N–H and O–H groups in total. The van der Waals surface area contributed by atoms with Crippen molar-refractivity contribution in [2.45, 2.75) is 44.8 Å². The first kappa shape index (κ1) is 15.4. The molecular formula is C18H20N6O2. The van der Waals surface area contributed by atoms with E-state index in [0.29, 0.717) is 31.3 Å². The predicted octanol–water partition coefficient (Wildman–Crippen LogP) is 1.00. The zero-order valence-electron chi connectivity index (χ0n) is 14.4. The van der Waals surface area contributed by atoms with Gasteiger partial charge < -0.3 is 9.47 Å². The highest BCUT2D eigenvalue weighted by Gasteiger charge is 2.30. The Hall–Kier alpha value is -2.90. The van der Waals surface area contributed by atoms with E-state index < -0.39 is 0 Å². The van der Waals surface area contributed by atoms with Crippen molar-refractivity contribution in [2.75, 3.05) is 6.54 Å². The smallest absolute Gasteiger partial charge is 0.336 e. The number of aryl methyl sites for hydroxylation is 1. The topological polar surface area (TPSA) is 77.4 Å². The first-order chi connectivity index (χ1) is 12.7. The third-order valence-electron chi connectivity index (χ3n) is 5.26. The summed E-state index contributed by atoms with van der Waals surface area (Å²) < 4.78 is 5.14. The summed E-state index contributed by atoms with van der Waals surface area (Å²) in [6, 6.07) is 6.03. The Bertz CT molecular complexity index is 1040. The molecule has 4 heterocycles. The Kier molecular flexibility index (Phi) is 3.44. The minimum atomic E-state index is -0.211. The molecule has 2 aliphatic rings. The highest BCUT2D eigenvalue weighted by molar-refractivity contribution is 5.76. The van der Waals surface area contributed by atoms with Crippen LogP contribution in [0.5, 0.6) is 0 Å². The van der Waals surface area contributed by atoms with E-state index in [0.717, 1.165) is 12.1 Å². The second kappa shape index (κ2) is 5.82. The second-order valence-electron chi connectivity index (χ2n) is 7.03. The van der Waals surface area contributed by atoms with Crippen LogP contribution in [0.3, 0.4) is 0 Å². The maximum Gasteiger partial charge on any atom is 0.350 e. The molecule has 1 amide bonds.